The van der Waals surface area contributed by atoms with Gasteiger partial charge >= 0.3 is 0 Å². The molecule has 21 heavy (non-hydrogen) atoms. The summed E-state index contributed by atoms with van der Waals surface area (Å²) in [6.45, 7) is 5.78. The van der Waals surface area contributed by atoms with Crippen molar-refractivity contribution in [1.82, 2.24) is 16.0 Å². The number of aliphatic hydroxyl groups is 2. The second kappa shape index (κ2) is 16.1. The molecule has 0 radical (unpaired) electrons. The molecule has 0 aromatic rings. The van der Waals surface area contributed by atoms with Crippen LogP contribution in [0.5, 0.6) is 0 Å². The van der Waals surface area contributed by atoms with Crippen LogP contribution in [-0.4, -0.2) is 55.4 Å². The van der Waals surface area contributed by atoms with Crippen molar-refractivity contribution in [1.29, 1.82) is 0 Å². The zero-order chi connectivity index (χ0) is 15.8. The van der Waals surface area contributed by atoms with Crippen molar-refractivity contribution < 1.29 is 10.2 Å². The van der Waals surface area contributed by atoms with Crippen LogP contribution in [0.15, 0.2) is 0 Å². The minimum atomic E-state index is -0.459. The minimum absolute atomic E-state index is 0.101. The van der Waals surface area contributed by atoms with Crippen LogP contribution in [0.1, 0.15) is 51.9 Å². The number of hydrogen-bond donors (Lipinski definition) is 6. The molecule has 2 unspecified atom stereocenters. The summed E-state index contributed by atoms with van der Waals surface area (Å²) in [4.78, 5) is 0. The van der Waals surface area contributed by atoms with E-state index in [1.807, 2.05) is 0 Å². The summed E-state index contributed by atoms with van der Waals surface area (Å²) < 4.78 is 0. The Labute approximate surface area is 129 Å². The quantitative estimate of drug-likeness (QED) is 0.179. The number of unbranched alkanes of at least 4 members (excludes halogenated alkanes) is 1. The summed E-state index contributed by atoms with van der Waals surface area (Å²) in [5, 5.41) is 28.6. The van der Waals surface area contributed by atoms with E-state index in [0.29, 0.717) is 0 Å². The predicted octanol–water partition coefficient (Wildman–Crippen LogP) is 0.101. The van der Waals surface area contributed by atoms with Gasteiger partial charge in [-0.1, -0.05) is 13.3 Å². The normalized spacial score (nSPS) is 14.3. The SMILES string of the molecule is CCCC(O)NC(CCCNCCCCN)NCCCO. The van der Waals surface area contributed by atoms with Gasteiger partial charge in [-0.3, -0.25) is 5.32 Å². The molecule has 0 saturated heterocycles. The standard InChI is InChI=1S/C15H36N4O2/c1-2-7-15(21)19-14(18-12-6-13-20)8-5-11-17-10-4-3-9-16/h14-15,17-21H,2-13,16H2,1H3. The zero-order valence-corrected chi connectivity index (χ0v) is 13.6. The molecule has 2 atom stereocenters. The molecule has 0 spiro atoms. The van der Waals surface area contributed by atoms with Gasteiger partial charge in [0.25, 0.3) is 0 Å². The van der Waals surface area contributed by atoms with E-state index in [1.165, 1.54) is 0 Å². The van der Waals surface area contributed by atoms with E-state index in [0.717, 1.165) is 71.1 Å². The third-order valence-electron chi connectivity index (χ3n) is 3.34. The number of nitrogens with one attached hydrogen (secondary N) is 3. The monoisotopic (exact) mass is 304 g/mol. The van der Waals surface area contributed by atoms with E-state index in [-0.39, 0.29) is 12.8 Å². The molecule has 0 fully saturated rings. The molecule has 0 aliphatic heterocycles. The van der Waals surface area contributed by atoms with Crippen molar-refractivity contribution in [2.24, 2.45) is 5.73 Å². The second-order valence-electron chi connectivity index (χ2n) is 5.44. The second-order valence-corrected chi connectivity index (χ2v) is 5.44. The lowest BCUT2D eigenvalue weighted by molar-refractivity contribution is 0.102. The van der Waals surface area contributed by atoms with Gasteiger partial charge in [0.05, 0.1) is 6.17 Å². The maximum absolute atomic E-state index is 9.85. The summed E-state index contributed by atoms with van der Waals surface area (Å²) in [5.41, 5.74) is 5.45. The molecule has 0 aliphatic carbocycles. The van der Waals surface area contributed by atoms with E-state index >= 15 is 0 Å². The summed E-state index contributed by atoms with van der Waals surface area (Å²) in [7, 11) is 0. The fourth-order valence-electron chi connectivity index (χ4n) is 2.14. The molecule has 0 amide bonds. The van der Waals surface area contributed by atoms with Gasteiger partial charge in [-0.15, -0.1) is 0 Å². The average molecular weight is 304 g/mol. The van der Waals surface area contributed by atoms with Gasteiger partial charge in [0.2, 0.25) is 0 Å². The lowest BCUT2D eigenvalue weighted by Gasteiger charge is -2.23. The summed E-state index contributed by atoms with van der Waals surface area (Å²) in [6, 6.07) is 0. The van der Waals surface area contributed by atoms with Crippen LogP contribution in [0.3, 0.4) is 0 Å². The first-order chi connectivity index (χ1) is 10.2. The van der Waals surface area contributed by atoms with Gasteiger partial charge in [0, 0.05) is 6.61 Å². The highest BCUT2D eigenvalue weighted by molar-refractivity contribution is 4.67. The Balaban J connectivity index is 3.76. The molecule has 0 rings (SSSR count). The Morgan fingerprint density at radius 1 is 1.00 bits per heavy atom. The molecule has 6 heteroatoms. The highest BCUT2D eigenvalue weighted by Crippen LogP contribution is 1.99. The smallest absolute Gasteiger partial charge is 0.106 e. The van der Waals surface area contributed by atoms with E-state index in [9.17, 15) is 5.11 Å². The highest BCUT2D eigenvalue weighted by atomic mass is 16.3. The Hall–Kier alpha value is -0.240. The molecule has 0 aromatic carbocycles. The predicted molar refractivity (Wildman–Crippen MR) is 87.9 cm³/mol. The van der Waals surface area contributed by atoms with Crippen molar-refractivity contribution in [3.8, 4) is 0 Å². The molecule has 0 aliphatic rings. The Bertz CT molecular complexity index is 208. The van der Waals surface area contributed by atoms with E-state index in [1.54, 1.807) is 0 Å². The fraction of sp³-hybridized carbons (Fsp3) is 1.00. The Kier molecular flexibility index (Phi) is 16.0. The lowest BCUT2D eigenvalue weighted by atomic mass is 10.2. The van der Waals surface area contributed by atoms with Crippen LogP contribution < -0.4 is 21.7 Å². The third kappa shape index (κ3) is 14.5. The molecule has 7 N–H and O–H groups in total. The van der Waals surface area contributed by atoms with Gasteiger partial charge in [0.1, 0.15) is 6.23 Å². The summed E-state index contributed by atoms with van der Waals surface area (Å²) in [6.07, 6.45) is 6.30. The van der Waals surface area contributed by atoms with Crippen molar-refractivity contribution in [3.63, 3.8) is 0 Å². The largest absolute Gasteiger partial charge is 0.396 e. The van der Waals surface area contributed by atoms with E-state index in [2.05, 4.69) is 22.9 Å². The molecule has 0 aromatic heterocycles. The van der Waals surface area contributed by atoms with Crippen LogP contribution in [0, 0.1) is 0 Å². The van der Waals surface area contributed by atoms with Gasteiger partial charge < -0.3 is 26.6 Å². The average Bonchev–Trinajstić information content (AvgIpc) is 2.46. The Morgan fingerprint density at radius 2 is 1.76 bits per heavy atom. The summed E-state index contributed by atoms with van der Waals surface area (Å²) >= 11 is 0. The number of hydrogen-bond acceptors (Lipinski definition) is 6. The first kappa shape index (κ1) is 20.8. The molecule has 0 bridgehead atoms. The van der Waals surface area contributed by atoms with Gasteiger partial charge in [-0.25, -0.2) is 0 Å². The number of rotatable bonds is 16. The lowest BCUT2D eigenvalue weighted by Crippen LogP contribution is -2.48. The molecular weight excluding hydrogens is 268 g/mol. The molecule has 6 nitrogen and oxygen atoms in total. The van der Waals surface area contributed by atoms with Gasteiger partial charge in [-0.05, 0) is 64.7 Å². The first-order valence-electron chi connectivity index (χ1n) is 8.43. The van der Waals surface area contributed by atoms with Gasteiger partial charge in [0.15, 0.2) is 0 Å². The number of aliphatic hydroxyl groups excluding tert-OH is 2. The fourth-order valence-corrected chi connectivity index (χ4v) is 2.14. The molecular formula is C15H36N4O2. The van der Waals surface area contributed by atoms with Crippen LogP contribution in [0.2, 0.25) is 0 Å². The first-order valence-corrected chi connectivity index (χ1v) is 8.43. The van der Waals surface area contributed by atoms with Gasteiger partial charge in [-0.2, -0.15) is 0 Å². The van der Waals surface area contributed by atoms with E-state index in [4.69, 9.17) is 10.8 Å². The maximum atomic E-state index is 9.85. The molecule has 0 saturated carbocycles. The molecule has 0 heterocycles. The number of nitrogens with two attached hydrogens (primary N) is 1. The Morgan fingerprint density at radius 3 is 2.43 bits per heavy atom. The van der Waals surface area contributed by atoms with Crippen LogP contribution >= 0.6 is 0 Å². The topological polar surface area (TPSA) is 103 Å². The highest BCUT2D eigenvalue weighted by Gasteiger charge is 2.11. The summed E-state index contributed by atoms with van der Waals surface area (Å²) in [5.74, 6) is 0. The van der Waals surface area contributed by atoms with Crippen molar-refractivity contribution >= 4 is 0 Å². The van der Waals surface area contributed by atoms with Crippen molar-refractivity contribution in [2.45, 2.75) is 64.3 Å². The van der Waals surface area contributed by atoms with Crippen LogP contribution in [0.4, 0.5) is 0 Å². The third-order valence-corrected chi connectivity index (χ3v) is 3.34. The maximum Gasteiger partial charge on any atom is 0.106 e. The van der Waals surface area contributed by atoms with Crippen LogP contribution in [0.25, 0.3) is 0 Å². The van der Waals surface area contributed by atoms with E-state index < -0.39 is 6.23 Å². The minimum Gasteiger partial charge on any atom is -0.396 e. The van der Waals surface area contributed by atoms with Crippen molar-refractivity contribution in [2.75, 3.05) is 32.8 Å². The molecule has 128 valence electrons. The zero-order valence-electron chi connectivity index (χ0n) is 13.6. The van der Waals surface area contributed by atoms with Crippen molar-refractivity contribution in [3.05, 3.63) is 0 Å². The van der Waals surface area contributed by atoms with Crippen LogP contribution in [-0.2, 0) is 0 Å².